The molecule has 1 aliphatic heterocycles. The molecule has 1 amide bonds. The molecule has 0 bridgehead atoms. The summed E-state index contributed by atoms with van der Waals surface area (Å²) in [5, 5.41) is 0. The van der Waals surface area contributed by atoms with Gasteiger partial charge in [0.1, 0.15) is 5.54 Å². The Morgan fingerprint density at radius 2 is 2.06 bits per heavy atom. The van der Waals surface area contributed by atoms with Crippen molar-refractivity contribution in [2.45, 2.75) is 19.4 Å². The smallest absolute Gasteiger partial charge is 0.331 e. The number of carbonyl (C=O) groups excluding carboxylic acids is 2. The quantitative estimate of drug-likeness (QED) is 0.499. The van der Waals surface area contributed by atoms with Gasteiger partial charge in [0.05, 0.1) is 7.11 Å². The standard InChI is InChI=1S/C11H18N2O3/c1-11(2)10(15)12(3)7-8-13(11)6-5-9(14)16-4/h5-6H,7-8H2,1-4H3. The summed E-state index contributed by atoms with van der Waals surface area (Å²) in [6.45, 7) is 5.05. The van der Waals surface area contributed by atoms with Crippen LogP contribution in [0.2, 0.25) is 0 Å². The molecule has 1 rings (SSSR count). The summed E-state index contributed by atoms with van der Waals surface area (Å²) in [4.78, 5) is 26.4. The molecule has 5 nitrogen and oxygen atoms in total. The Kier molecular flexibility index (Phi) is 3.57. The first-order valence-electron chi connectivity index (χ1n) is 5.18. The van der Waals surface area contributed by atoms with Gasteiger partial charge in [0.25, 0.3) is 0 Å². The molecule has 0 aromatic carbocycles. The van der Waals surface area contributed by atoms with E-state index in [-0.39, 0.29) is 5.91 Å². The fourth-order valence-corrected chi connectivity index (χ4v) is 1.71. The van der Waals surface area contributed by atoms with Crippen molar-refractivity contribution < 1.29 is 14.3 Å². The highest BCUT2D eigenvalue weighted by atomic mass is 16.5. The van der Waals surface area contributed by atoms with E-state index in [9.17, 15) is 9.59 Å². The summed E-state index contributed by atoms with van der Waals surface area (Å²) in [7, 11) is 3.11. The Morgan fingerprint density at radius 1 is 1.44 bits per heavy atom. The average Bonchev–Trinajstić information content (AvgIpc) is 2.24. The lowest BCUT2D eigenvalue weighted by molar-refractivity contribution is -0.144. The van der Waals surface area contributed by atoms with Crippen LogP contribution in [0.1, 0.15) is 13.8 Å². The molecule has 0 radical (unpaired) electrons. The summed E-state index contributed by atoms with van der Waals surface area (Å²) in [6.07, 6.45) is 2.96. The van der Waals surface area contributed by atoms with E-state index >= 15 is 0 Å². The van der Waals surface area contributed by atoms with Crippen LogP contribution in [0.15, 0.2) is 12.3 Å². The molecule has 16 heavy (non-hydrogen) atoms. The van der Waals surface area contributed by atoms with Crippen molar-refractivity contribution in [3.8, 4) is 0 Å². The zero-order valence-corrected chi connectivity index (χ0v) is 10.2. The van der Waals surface area contributed by atoms with Crippen molar-refractivity contribution in [3.05, 3.63) is 12.3 Å². The Hall–Kier alpha value is -1.52. The molecule has 0 saturated carbocycles. The molecule has 1 fully saturated rings. The largest absolute Gasteiger partial charge is 0.466 e. The Balaban J connectivity index is 2.78. The predicted octanol–water partition coefficient (Wildman–Crippen LogP) is 0.226. The Labute approximate surface area is 95.6 Å². The molecule has 1 saturated heterocycles. The maximum absolute atomic E-state index is 11.9. The van der Waals surface area contributed by atoms with Crippen molar-refractivity contribution in [1.82, 2.24) is 9.80 Å². The second-order valence-electron chi connectivity index (χ2n) is 4.32. The minimum atomic E-state index is -0.614. The second kappa shape index (κ2) is 4.55. The van der Waals surface area contributed by atoms with Crippen LogP contribution in [-0.4, -0.2) is 54.5 Å². The number of piperazine rings is 1. The number of likely N-dealkylation sites (N-methyl/N-ethyl adjacent to an activating group) is 1. The number of ether oxygens (including phenoxy) is 1. The van der Waals surface area contributed by atoms with Crippen LogP contribution < -0.4 is 0 Å². The maximum atomic E-state index is 11.9. The van der Waals surface area contributed by atoms with Crippen LogP contribution in [0.4, 0.5) is 0 Å². The minimum absolute atomic E-state index is 0.0493. The number of nitrogens with zero attached hydrogens (tertiary/aromatic N) is 2. The summed E-state index contributed by atoms with van der Waals surface area (Å²) in [6, 6.07) is 0. The third-order valence-corrected chi connectivity index (χ3v) is 2.86. The van der Waals surface area contributed by atoms with Crippen molar-refractivity contribution in [2.75, 3.05) is 27.2 Å². The van der Waals surface area contributed by atoms with Gasteiger partial charge in [-0.3, -0.25) is 4.79 Å². The molecule has 0 aromatic rings. The Morgan fingerprint density at radius 3 is 2.62 bits per heavy atom. The maximum Gasteiger partial charge on any atom is 0.331 e. The topological polar surface area (TPSA) is 49.9 Å². The molecule has 90 valence electrons. The van der Waals surface area contributed by atoms with Crippen LogP contribution in [0.3, 0.4) is 0 Å². The molecule has 0 atom stereocenters. The van der Waals surface area contributed by atoms with Crippen molar-refractivity contribution in [2.24, 2.45) is 0 Å². The number of methoxy groups -OCH3 is 1. The molecule has 0 spiro atoms. The van der Waals surface area contributed by atoms with Gasteiger partial charge in [0, 0.05) is 32.4 Å². The van der Waals surface area contributed by atoms with Crippen molar-refractivity contribution in [3.63, 3.8) is 0 Å². The van der Waals surface area contributed by atoms with Crippen LogP contribution >= 0.6 is 0 Å². The fraction of sp³-hybridized carbons (Fsp3) is 0.636. The fourth-order valence-electron chi connectivity index (χ4n) is 1.71. The molecular formula is C11H18N2O3. The van der Waals surface area contributed by atoms with E-state index in [1.165, 1.54) is 13.2 Å². The molecule has 1 aliphatic rings. The summed E-state index contributed by atoms with van der Waals surface area (Å²) in [5.74, 6) is -0.365. The van der Waals surface area contributed by atoms with Crippen LogP contribution in [-0.2, 0) is 14.3 Å². The summed E-state index contributed by atoms with van der Waals surface area (Å²) in [5.41, 5.74) is -0.614. The molecule has 0 aliphatic carbocycles. The monoisotopic (exact) mass is 226 g/mol. The highest BCUT2D eigenvalue weighted by Crippen LogP contribution is 2.21. The predicted molar refractivity (Wildman–Crippen MR) is 59.6 cm³/mol. The van der Waals surface area contributed by atoms with E-state index in [2.05, 4.69) is 4.74 Å². The molecule has 5 heteroatoms. The van der Waals surface area contributed by atoms with Crippen LogP contribution in [0.5, 0.6) is 0 Å². The van der Waals surface area contributed by atoms with E-state index in [0.29, 0.717) is 13.1 Å². The van der Waals surface area contributed by atoms with Gasteiger partial charge < -0.3 is 14.5 Å². The molecular weight excluding hydrogens is 208 g/mol. The van der Waals surface area contributed by atoms with Gasteiger partial charge in [-0.15, -0.1) is 0 Å². The third kappa shape index (κ3) is 2.35. The lowest BCUT2D eigenvalue weighted by Gasteiger charge is -2.44. The second-order valence-corrected chi connectivity index (χ2v) is 4.32. The van der Waals surface area contributed by atoms with Crippen molar-refractivity contribution in [1.29, 1.82) is 0 Å². The van der Waals surface area contributed by atoms with Gasteiger partial charge in [-0.1, -0.05) is 0 Å². The molecule has 1 heterocycles. The zero-order chi connectivity index (χ0) is 12.3. The van der Waals surface area contributed by atoms with Gasteiger partial charge in [-0.2, -0.15) is 0 Å². The first-order chi connectivity index (χ1) is 7.39. The van der Waals surface area contributed by atoms with Crippen LogP contribution in [0, 0.1) is 0 Å². The highest BCUT2D eigenvalue weighted by Gasteiger charge is 2.38. The van der Waals surface area contributed by atoms with Gasteiger partial charge in [-0.05, 0) is 13.8 Å². The molecule has 0 N–H and O–H groups in total. The highest BCUT2D eigenvalue weighted by molar-refractivity contribution is 5.86. The number of amides is 1. The van der Waals surface area contributed by atoms with Gasteiger partial charge in [0.2, 0.25) is 5.91 Å². The van der Waals surface area contributed by atoms with Gasteiger partial charge >= 0.3 is 5.97 Å². The summed E-state index contributed by atoms with van der Waals surface area (Å²) >= 11 is 0. The van der Waals surface area contributed by atoms with Crippen LogP contribution in [0.25, 0.3) is 0 Å². The Bertz CT molecular complexity index is 323. The van der Waals surface area contributed by atoms with Gasteiger partial charge in [-0.25, -0.2) is 4.79 Å². The number of hydrogen-bond acceptors (Lipinski definition) is 4. The van der Waals surface area contributed by atoms with E-state index in [4.69, 9.17) is 0 Å². The SMILES string of the molecule is COC(=O)C=CN1CCN(C)C(=O)C1(C)C. The lowest BCUT2D eigenvalue weighted by atomic mass is 9.98. The van der Waals surface area contributed by atoms with Crippen molar-refractivity contribution >= 4 is 11.9 Å². The van der Waals surface area contributed by atoms with E-state index in [1.807, 2.05) is 18.7 Å². The number of esters is 1. The summed E-state index contributed by atoms with van der Waals surface area (Å²) < 4.78 is 4.51. The van der Waals surface area contributed by atoms with Gasteiger partial charge in [0.15, 0.2) is 0 Å². The number of rotatable bonds is 2. The normalized spacial score (nSPS) is 20.4. The zero-order valence-electron chi connectivity index (χ0n) is 10.2. The van der Waals surface area contributed by atoms with E-state index in [1.54, 1.807) is 18.1 Å². The first kappa shape index (κ1) is 12.5. The van der Waals surface area contributed by atoms with E-state index < -0.39 is 11.5 Å². The third-order valence-electron chi connectivity index (χ3n) is 2.86. The average molecular weight is 226 g/mol. The lowest BCUT2D eigenvalue weighted by Crippen LogP contribution is -2.60. The first-order valence-corrected chi connectivity index (χ1v) is 5.18. The number of hydrogen-bond donors (Lipinski definition) is 0. The van der Waals surface area contributed by atoms with E-state index in [0.717, 1.165) is 0 Å². The molecule has 0 aromatic heterocycles. The number of carbonyl (C=O) groups is 2. The minimum Gasteiger partial charge on any atom is -0.466 e. The molecule has 0 unspecified atom stereocenters.